The Balaban J connectivity index is 2.69. The van der Waals surface area contributed by atoms with Crippen LogP contribution in [0.3, 0.4) is 0 Å². The third-order valence-electron chi connectivity index (χ3n) is 3.34. The first kappa shape index (κ1) is 16.8. The molecular formula is C16H27NO3. The van der Waals surface area contributed by atoms with Gasteiger partial charge in [-0.15, -0.1) is 0 Å². The Morgan fingerprint density at radius 3 is 2.55 bits per heavy atom. The summed E-state index contributed by atoms with van der Waals surface area (Å²) >= 11 is 0. The van der Waals surface area contributed by atoms with Gasteiger partial charge in [0.05, 0.1) is 13.7 Å². The number of aliphatic hydroxyl groups excluding tert-OH is 1. The summed E-state index contributed by atoms with van der Waals surface area (Å²) in [5.74, 6) is 2.02. The molecule has 2 N–H and O–H groups in total. The number of hydrogen-bond donors (Lipinski definition) is 2. The molecule has 114 valence electrons. The van der Waals surface area contributed by atoms with E-state index in [4.69, 9.17) is 14.6 Å². The van der Waals surface area contributed by atoms with Crippen molar-refractivity contribution in [2.45, 2.75) is 39.8 Å². The highest BCUT2D eigenvalue weighted by Gasteiger charge is 2.12. The lowest BCUT2D eigenvalue weighted by atomic mass is 10.0. The summed E-state index contributed by atoms with van der Waals surface area (Å²) in [4.78, 5) is 0. The van der Waals surface area contributed by atoms with Crippen molar-refractivity contribution in [1.82, 2.24) is 5.32 Å². The van der Waals surface area contributed by atoms with Crippen molar-refractivity contribution >= 4 is 0 Å². The summed E-state index contributed by atoms with van der Waals surface area (Å²) in [5.41, 5.74) is 1.15. The molecule has 0 saturated carbocycles. The van der Waals surface area contributed by atoms with Crippen molar-refractivity contribution < 1.29 is 14.6 Å². The Hall–Kier alpha value is -1.26. The van der Waals surface area contributed by atoms with Gasteiger partial charge in [0.25, 0.3) is 0 Å². The smallest absolute Gasteiger partial charge is 0.161 e. The van der Waals surface area contributed by atoms with E-state index in [1.165, 1.54) is 0 Å². The number of ether oxygens (including phenoxy) is 2. The molecule has 4 nitrogen and oxygen atoms in total. The number of aliphatic hydroxyl groups is 1. The summed E-state index contributed by atoms with van der Waals surface area (Å²) in [5, 5.41) is 12.6. The van der Waals surface area contributed by atoms with Crippen molar-refractivity contribution in [3.63, 3.8) is 0 Å². The normalized spacial score (nSPS) is 12.5. The van der Waals surface area contributed by atoms with Crippen LogP contribution in [0.25, 0.3) is 0 Å². The van der Waals surface area contributed by atoms with E-state index in [2.05, 4.69) is 19.2 Å². The predicted octanol–water partition coefficient (Wildman–Crippen LogP) is 2.59. The minimum atomic E-state index is 0.211. The first-order valence-electron chi connectivity index (χ1n) is 7.26. The highest BCUT2D eigenvalue weighted by molar-refractivity contribution is 5.42. The molecule has 1 aromatic rings. The Morgan fingerprint density at radius 2 is 2.00 bits per heavy atom. The van der Waals surface area contributed by atoms with Crippen LogP contribution >= 0.6 is 0 Å². The Kier molecular flexibility index (Phi) is 7.41. The van der Waals surface area contributed by atoms with Crippen LogP contribution in [-0.2, 0) is 6.54 Å². The molecule has 0 amide bonds. The van der Waals surface area contributed by atoms with Crippen LogP contribution in [0.15, 0.2) is 18.2 Å². The lowest BCUT2D eigenvalue weighted by Crippen LogP contribution is -2.34. The number of hydrogen-bond acceptors (Lipinski definition) is 4. The van der Waals surface area contributed by atoms with Crippen LogP contribution in [0, 0.1) is 5.92 Å². The molecule has 1 atom stereocenters. The second-order valence-corrected chi connectivity index (χ2v) is 5.16. The van der Waals surface area contributed by atoms with E-state index in [1.807, 2.05) is 25.1 Å². The van der Waals surface area contributed by atoms with Gasteiger partial charge in [0, 0.05) is 19.2 Å². The van der Waals surface area contributed by atoms with E-state index in [1.54, 1.807) is 7.11 Å². The van der Waals surface area contributed by atoms with Crippen LogP contribution in [0.4, 0.5) is 0 Å². The zero-order valence-corrected chi connectivity index (χ0v) is 13.0. The highest BCUT2D eigenvalue weighted by Crippen LogP contribution is 2.28. The molecule has 0 aliphatic rings. The van der Waals surface area contributed by atoms with Gasteiger partial charge in [-0.1, -0.05) is 19.9 Å². The van der Waals surface area contributed by atoms with Crippen LogP contribution in [-0.4, -0.2) is 31.5 Å². The van der Waals surface area contributed by atoms with Gasteiger partial charge in [0.15, 0.2) is 11.5 Å². The molecule has 4 heteroatoms. The second-order valence-electron chi connectivity index (χ2n) is 5.16. The quantitative estimate of drug-likeness (QED) is 0.730. The molecule has 1 rings (SSSR count). The van der Waals surface area contributed by atoms with Crippen molar-refractivity contribution in [2.75, 3.05) is 20.3 Å². The Labute approximate surface area is 122 Å². The van der Waals surface area contributed by atoms with E-state index in [0.717, 1.165) is 30.0 Å². The van der Waals surface area contributed by atoms with Crippen LogP contribution in [0.2, 0.25) is 0 Å². The largest absolute Gasteiger partial charge is 0.493 e. The Morgan fingerprint density at radius 1 is 1.25 bits per heavy atom. The number of benzene rings is 1. The maximum absolute atomic E-state index is 9.09. The van der Waals surface area contributed by atoms with E-state index in [0.29, 0.717) is 18.6 Å². The topological polar surface area (TPSA) is 50.7 Å². The fourth-order valence-electron chi connectivity index (χ4n) is 2.16. The number of nitrogens with one attached hydrogen (secondary N) is 1. The summed E-state index contributed by atoms with van der Waals surface area (Å²) < 4.78 is 10.9. The van der Waals surface area contributed by atoms with Gasteiger partial charge in [-0.2, -0.15) is 0 Å². The maximum Gasteiger partial charge on any atom is 0.161 e. The molecule has 1 unspecified atom stereocenters. The molecule has 0 fully saturated rings. The van der Waals surface area contributed by atoms with Gasteiger partial charge < -0.3 is 19.9 Å². The molecule has 0 aliphatic carbocycles. The average molecular weight is 281 g/mol. The van der Waals surface area contributed by atoms with Crippen LogP contribution in [0.1, 0.15) is 32.8 Å². The zero-order chi connectivity index (χ0) is 15.0. The minimum absolute atomic E-state index is 0.211. The summed E-state index contributed by atoms with van der Waals surface area (Å²) in [6.45, 7) is 7.86. The summed E-state index contributed by atoms with van der Waals surface area (Å²) in [6.07, 6.45) is 0.770. The van der Waals surface area contributed by atoms with Crippen LogP contribution in [0.5, 0.6) is 11.5 Å². The monoisotopic (exact) mass is 281 g/mol. The minimum Gasteiger partial charge on any atom is -0.493 e. The van der Waals surface area contributed by atoms with Gasteiger partial charge in [-0.25, -0.2) is 0 Å². The fourth-order valence-corrected chi connectivity index (χ4v) is 2.16. The maximum atomic E-state index is 9.09. The van der Waals surface area contributed by atoms with E-state index in [-0.39, 0.29) is 6.61 Å². The first-order valence-corrected chi connectivity index (χ1v) is 7.26. The molecular weight excluding hydrogens is 254 g/mol. The number of rotatable bonds is 9. The predicted molar refractivity (Wildman–Crippen MR) is 81.3 cm³/mol. The molecule has 1 aromatic carbocycles. The standard InChI is InChI=1S/C16H27NO3/c1-5-20-16-10-13(6-7-15(16)19-4)11-17-14(8-9-18)12(2)3/h6-7,10,12,14,17-18H,5,8-9,11H2,1-4H3. The van der Waals surface area contributed by atoms with E-state index >= 15 is 0 Å². The van der Waals surface area contributed by atoms with E-state index in [9.17, 15) is 0 Å². The van der Waals surface area contributed by atoms with Gasteiger partial charge in [0.1, 0.15) is 0 Å². The van der Waals surface area contributed by atoms with Crippen molar-refractivity contribution in [3.8, 4) is 11.5 Å². The number of methoxy groups -OCH3 is 1. The second kappa shape index (κ2) is 8.82. The van der Waals surface area contributed by atoms with Crippen molar-refractivity contribution in [2.24, 2.45) is 5.92 Å². The molecule has 0 heterocycles. The lowest BCUT2D eigenvalue weighted by Gasteiger charge is -2.22. The van der Waals surface area contributed by atoms with Gasteiger partial charge in [-0.05, 0) is 37.0 Å². The molecule has 0 radical (unpaired) electrons. The molecule has 0 bridgehead atoms. The molecule has 0 aliphatic heterocycles. The molecule has 0 aromatic heterocycles. The third-order valence-corrected chi connectivity index (χ3v) is 3.34. The summed E-state index contributed by atoms with van der Waals surface area (Å²) in [6, 6.07) is 6.28. The van der Waals surface area contributed by atoms with E-state index < -0.39 is 0 Å². The van der Waals surface area contributed by atoms with Crippen molar-refractivity contribution in [1.29, 1.82) is 0 Å². The Bertz CT molecular complexity index is 393. The average Bonchev–Trinajstić information content (AvgIpc) is 2.43. The molecule has 0 saturated heterocycles. The molecule has 0 spiro atoms. The summed E-state index contributed by atoms with van der Waals surface area (Å²) in [7, 11) is 1.64. The van der Waals surface area contributed by atoms with Gasteiger partial charge in [0.2, 0.25) is 0 Å². The lowest BCUT2D eigenvalue weighted by molar-refractivity contribution is 0.243. The highest BCUT2D eigenvalue weighted by atomic mass is 16.5. The first-order chi connectivity index (χ1) is 9.62. The zero-order valence-electron chi connectivity index (χ0n) is 13.0. The third kappa shape index (κ3) is 5.02. The fraction of sp³-hybridized carbons (Fsp3) is 0.625. The van der Waals surface area contributed by atoms with Gasteiger partial charge >= 0.3 is 0 Å². The van der Waals surface area contributed by atoms with Gasteiger partial charge in [-0.3, -0.25) is 0 Å². The molecule has 20 heavy (non-hydrogen) atoms. The van der Waals surface area contributed by atoms with Crippen molar-refractivity contribution in [3.05, 3.63) is 23.8 Å². The van der Waals surface area contributed by atoms with Crippen LogP contribution < -0.4 is 14.8 Å². The SMILES string of the molecule is CCOc1cc(CNC(CCO)C(C)C)ccc1OC.